The molecule has 2 aliphatic heterocycles. The van der Waals surface area contributed by atoms with Crippen molar-refractivity contribution < 1.29 is 24.6 Å². The first-order valence-corrected chi connectivity index (χ1v) is 11.8. The van der Waals surface area contributed by atoms with E-state index in [1.54, 1.807) is 12.1 Å². The quantitative estimate of drug-likeness (QED) is 0.582. The van der Waals surface area contributed by atoms with Crippen LogP contribution in [0.25, 0.3) is 11.3 Å². The molecule has 3 heterocycles. The standard InChI is InChI=1S/C22H27N5O5S/c28-13-12-25-8-10-26(11-9-25)20(30)16-5-3-15(4-6-16)17-14-33-21(23-17)24-19(29)18-2-1-7-27(18)22(31)32/h3-6,14,18,28H,1-2,7-13H2,(H,31,32)(H,23,24,29). The van der Waals surface area contributed by atoms with Crippen LogP contribution in [0.2, 0.25) is 0 Å². The molecule has 176 valence electrons. The van der Waals surface area contributed by atoms with Crippen molar-refractivity contribution in [2.45, 2.75) is 18.9 Å². The van der Waals surface area contributed by atoms with Crippen molar-refractivity contribution in [1.82, 2.24) is 19.7 Å². The number of amides is 3. The van der Waals surface area contributed by atoms with Gasteiger partial charge < -0.3 is 20.4 Å². The van der Waals surface area contributed by atoms with Gasteiger partial charge in [-0.3, -0.25) is 19.4 Å². The molecule has 2 aliphatic rings. The van der Waals surface area contributed by atoms with E-state index in [2.05, 4.69) is 15.2 Å². The number of nitrogens with zero attached hydrogens (tertiary/aromatic N) is 4. The molecule has 1 aromatic heterocycles. The summed E-state index contributed by atoms with van der Waals surface area (Å²) in [7, 11) is 0. The first-order chi connectivity index (χ1) is 16.0. The summed E-state index contributed by atoms with van der Waals surface area (Å²) in [6, 6.07) is 6.53. The van der Waals surface area contributed by atoms with Gasteiger partial charge in [0.25, 0.3) is 5.91 Å². The lowest BCUT2D eigenvalue weighted by Crippen LogP contribution is -2.49. The Labute approximate surface area is 195 Å². The van der Waals surface area contributed by atoms with E-state index in [9.17, 15) is 19.5 Å². The minimum Gasteiger partial charge on any atom is -0.465 e. The number of piperazine rings is 1. The van der Waals surface area contributed by atoms with Crippen molar-refractivity contribution in [2.24, 2.45) is 0 Å². The molecule has 0 spiro atoms. The number of thiazole rings is 1. The highest BCUT2D eigenvalue weighted by Gasteiger charge is 2.34. The zero-order valence-electron chi connectivity index (χ0n) is 18.1. The molecule has 1 atom stereocenters. The van der Waals surface area contributed by atoms with Crippen LogP contribution in [0.3, 0.4) is 0 Å². The van der Waals surface area contributed by atoms with Crippen LogP contribution >= 0.6 is 11.3 Å². The molecular weight excluding hydrogens is 446 g/mol. The summed E-state index contributed by atoms with van der Waals surface area (Å²) in [6.45, 7) is 3.89. The Balaban J connectivity index is 1.35. The van der Waals surface area contributed by atoms with Gasteiger partial charge in [0.2, 0.25) is 5.91 Å². The van der Waals surface area contributed by atoms with Crippen molar-refractivity contribution in [3.63, 3.8) is 0 Å². The molecule has 4 rings (SSSR count). The van der Waals surface area contributed by atoms with Gasteiger partial charge in [-0.15, -0.1) is 11.3 Å². The Kier molecular flexibility index (Phi) is 7.21. The predicted molar refractivity (Wildman–Crippen MR) is 123 cm³/mol. The summed E-state index contributed by atoms with van der Waals surface area (Å²) in [4.78, 5) is 46.1. The SMILES string of the molecule is O=C(Nc1nc(-c2ccc(C(=O)N3CCN(CCO)CC3)cc2)cs1)C1CCCN1C(=O)O. The van der Waals surface area contributed by atoms with Gasteiger partial charge in [0.1, 0.15) is 6.04 Å². The number of nitrogens with one attached hydrogen (secondary N) is 1. The summed E-state index contributed by atoms with van der Waals surface area (Å²) >= 11 is 1.27. The van der Waals surface area contributed by atoms with Crippen molar-refractivity contribution >= 4 is 34.4 Å². The Hall–Kier alpha value is -3.02. The van der Waals surface area contributed by atoms with Crippen molar-refractivity contribution in [3.8, 4) is 11.3 Å². The smallest absolute Gasteiger partial charge is 0.407 e. The Morgan fingerprint density at radius 1 is 1.09 bits per heavy atom. The molecule has 2 aromatic rings. The molecule has 2 fully saturated rings. The number of hydrogen-bond acceptors (Lipinski definition) is 7. The van der Waals surface area contributed by atoms with E-state index in [1.807, 2.05) is 22.4 Å². The summed E-state index contributed by atoms with van der Waals surface area (Å²) in [5.41, 5.74) is 2.10. The van der Waals surface area contributed by atoms with Gasteiger partial charge in [0.05, 0.1) is 12.3 Å². The lowest BCUT2D eigenvalue weighted by Gasteiger charge is -2.34. The average molecular weight is 474 g/mol. The van der Waals surface area contributed by atoms with Gasteiger partial charge in [0, 0.05) is 55.8 Å². The number of aliphatic hydroxyl groups is 1. The van der Waals surface area contributed by atoms with E-state index in [4.69, 9.17) is 5.11 Å². The minimum atomic E-state index is -1.09. The maximum atomic E-state index is 12.8. The van der Waals surface area contributed by atoms with Crippen LogP contribution in [0.1, 0.15) is 23.2 Å². The van der Waals surface area contributed by atoms with E-state index >= 15 is 0 Å². The third kappa shape index (κ3) is 5.32. The van der Waals surface area contributed by atoms with Crippen molar-refractivity contribution in [3.05, 3.63) is 35.2 Å². The van der Waals surface area contributed by atoms with Crippen LogP contribution in [0.5, 0.6) is 0 Å². The normalized spacial score (nSPS) is 19.0. The fourth-order valence-corrected chi connectivity index (χ4v) is 4.93. The molecule has 3 N–H and O–H groups in total. The molecular formula is C22H27N5O5S. The second kappa shape index (κ2) is 10.3. The highest BCUT2D eigenvalue weighted by molar-refractivity contribution is 7.14. The number of anilines is 1. The number of likely N-dealkylation sites (tertiary alicyclic amines) is 1. The van der Waals surface area contributed by atoms with Crippen LogP contribution < -0.4 is 5.32 Å². The molecule has 10 nitrogen and oxygen atoms in total. The van der Waals surface area contributed by atoms with E-state index in [0.29, 0.717) is 55.4 Å². The fourth-order valence-electron chi connectivity index (χ4n) is 4.20. The molecule has 0 saturated carbocycles. The number of aromatic nitrogens is 1. The summed E-state index contributed by atoms with van der Waals surface area (Å²) in [5.74, 6) is -0.383. The van der Waals surface area contributed by atoms with Gasteiger partial charge in [-0.05, 0) is 25.0 Å². The highest BCUT2D eigenvalue weighted by atomic mass is 32.1. The van der Waals surface area contributed by atoms with E-state index in [1.165, 1.54) is 11.3 Å². The number of rotatable bonds is 6. The van der Waals surface area contributed by atoms with Crippen LogP contribution in [-0.2, 0) is 4.79 Å². The van der Waals surface area contributed by atoms with Gasteiger partial charge in [0.15, 0.2) is 5.13 Å². The lowest BCUT2D eigenvalue weighted by atomic mass is 10.1. The summed E-state index contributed by atoms with van der Waals surface area (Å²) < 4.78 is 0. The van der Waals surface area contributed by atoms with Crippen molar-refractivity contribution in [2.75, 3.05) is 51.2 Å². The Bertz CT molecular complexity index is 1000. The molecule has 1 unspecified atom stereocenters. The first kappa shape index (κ1) is 23.1. The van der Waals surface area contributed by atoms with E-state index < -0.39 is 12.1 Å². The maximum absolute atomic E-state index is 12.8. The zero-order valence-corrected chi connectivity index (χ0v) is 19.0. The molecule has 3 amide bonds. The second-order valence-corrected chi connectivity index (χ2v) is 8.95. The van der Waals surface area contributed by atoms with Gasteiger partial charge >= 0.3 is 6.09 Å². The molecule has 11 heteroatoms. The molecule has 0 radical (unpaired) electrons. The molecule has 1 aromatic carbocycles. The lowest BCUT2D eigenvalue weighted by molar-refractivity contribution is -0.119. The summed E-state index contributed by atoms with van der Waals surface area (Å²) in [5, 5.41) is 23.2. The number of carbonyl (C=O) groups is 3. The minimum absolute atomic E-state index is 0.0176. The molecule has 0 bridgehead atoms. The number of hydrogen-bond donors (Lipinski definition) is 3. The Morgan fingerprint density at radius 3 is 2.48 bits per heavy atom. The topological polar surface area (TPSA) is 126 Å². The Morgan fingerprint density at radius 2 is 1.82 bits per heavy atom. The largest absolute Gasteiger partial charge is 0.465 e. The average Bonchev–Trinajstić information content (AvgIpc) is 3.50. The third-order valence-corrected chi connectivity index (χ3v) is 6.80. The third-order valence-electron chi connectivity index (χ3n) is 6.04. The molecule has 0 aliphatic carbocycles. The number of β-amino-alcohol motifs (C(OH)–C–C–N with tert-alkyl or cyclic N) is 1. The van der Waals surface area contributed by atoms with E-state index in [-0.39, 0.29) is 18.4 Å². The van der Waals surface area contributed by atoms with Gasteiger partial charge in [-0.25, -0.2) is 9.78 Å². The van der Waals surface area contributed by atoms with Crippen LogP contribution in [0.15, 0.2) is 29.6 Å². The first-order valence-electron chi connectivity index (χ1n) is 10.9. The maximum Gasteiger partial charge on any atom is 0.407 e. The summed E-state index contributed by atoms with van der Waals surface area (Å²) in [6.07, 6.45) is 0.0772. The van der Waals surface area contributed by atoms with E-state index in [0.717, 1.165) is 23.6 Å². The monoisotopic (exact) mass is 473 g/mol. The number of carbonyl (C=O) groups excluding carboxylic acids is 2. The number of benzene rings is 1. The zero-order chi connectivity index (χ0) is 23.4. The number of carboxylic acid groups (broad SMARTS) is 1. The van der Waals surface area contributed by atoms with Crippen LogP contribution in [0, 0.1) is 0 Å². The van der Waals surface area contributed by atoms with Crippen molar-refractivity contribution in [1.29, 1.82) is 0 Å². The highest BCUT2D eigenvalue weighted by Crippen LogP contribution is 2.27. The predicted octanol–water partition coefficient (Wildman–Crippen LogP) is 1.64. The second-order valence-electron chi connectivity index (χ2n) is 8.10. The molecule has 33 heavy (non-hydrogen) atoms. The number of aliphatic hydroxyl groups excluding tert-OH is 1. The van der Waals surface area contributed by atoms with Gasteiger partial charge in [-0.2, -0.15) is 0 Å². The van der Waals surface area contributed by atoms with Gasteiger partial charge in [-0.1, -0.05) is 12.1 Å². The van der Waals surface area contributed by atoms with Crippen LogP contribution in [0.4, 0.5) is 9.93 Å². The van der Waals surface area contributed by atoms with Crippen LogP contribution in [-0.4, -0.2) is 99.7 Å². The molecule has 2 saturated heterocycles. The fraction of sp³-hybridized carbons (Fsp3) is 0.455.